The molecule has 0 aliphatic rings. The molecule has 8 rings (SSSR count). The van der Waals surface area contributed by atoms with Gasteiger partial charge in [0.2, 0.25) is 0 Å². The van der Waals surface area contributed by atoms with Crippen molar-refractivity contribution in [3.8, 4) is 22.3 Å². The van der Waals surface area contributed by atoms with Crippen molar-refractivity contribution in [1.29, 1.82) is 0 Å². The van der Waals surface area contributed by atoms with Gasteiger partial charge < -0.3 is 0 Å². The van der Waals surface area contributed by atoms with E-state index in [9.17, 15) is 0 Å². The highest BCUT2D eigenvalue weighted by Gasteiger charge is 2.18. The number of hydrogen-bond donors (Lipinski definition) is 0. The summed E-state index contributed by atoms with van der Waals surface area (Å²) in [5, 5.41) is 7.61. The van der Waals surface area contributed by atoms with E-state index in [1.807, 2.05) is 0 Å². The van der Waals surface area contributed by atoms with Crippen LogP contribution in [0.1, 0.15) is 16.7 Å². The van der Waals surface area contributed by atoms with E-state index in [1.54, 1.807) is 0 Å². The van der Waals surface area contributed by atoms with Crippen molar-refractivity contribution in [2.24, 2.45) is 0 Å². The molecular weight excluding hydrogens is 528 g/mol. The SMILES string of the molecule is C(=C(c1ccccc1)c1ccccc1)c1cccc(-c2c3ccccc3c(-c3cccc4ccccc34)c3ccccc23)c1. The second-order valence-corrected chi connectivity index (χ2v) is 11.3. The highest BCUT2D eigenvalue weighted by molar-refractivity contribution is 6.23. The van der Waals surface area contributed by atoms with E-state index < -0.39 is 0 Å². The van der Waals surface area contributed by atoms with Crippen LogP contribution in [0.25, 0.3) is 66.2 Å². The van der Waals surface area contributed by atoms with Gasteiger partial charge in [0, 0.05) is 0 Å². The second-order valence-electron chi connectivity index (χ2n) is 11.3. The molecule has 0 spiro atoms. The summed E-state index contributed by atoms with van der Waals surface area (Å²) in [5.74, 6) is 0. The van der Waals surface area contributed by atoms with Crippen LogP contribution in [0.15, 0.2) is 176 Å². The highest BCUT2D eigenvalue weighted by atomic mass is 14.2. The Balaban J connectivity index is 1.38. The normalized spacial score (nSPS) is 11.2. The number of fused-ring (bicyclic) bond motifs is 3. The van der Waals surface area contributed by atoms with E-state index in [0.29, 0.717) is 0 Å². The van der Waals surface area contributed by atoms with E-state index >= 15 is 0 Å². The summed E-state index contributed by atoms with van der Waals surface area (Å²) >= 11 is 0. The Labute approximate surface area is 258 Å². The Morgan fingerprint density at radius 2 is 0.841 bits per heavy atom. The zero-order valence-electron chi connectivity index (χ0n) is 24.3. The van der Waals surface area contributed by atoms with Gasteiger partial charge in [0.1, 0.15) is 0 Å². The van der Waals surface area contributed by atoms with Gasteiger partial charge in [-0.1, -0.05) is 170 Å². The molecule has 0 heteroatoms. The van der Waals surface area contributed by atoms with Crippen molar-refractivity contribution in [2.45, 2.75) is 0 Å². The Hall–Kier alpha value is -5.72. The maximum absolute atomic E-state index is 2.34. The minimum absolute atomic E-state index is 1.18. The predicted octanol–water partition coefficient (Wildman–Crippen LogP) is 12.1. The average Bonchev–Trinajstić information content (AvgIpc) is 3.10. The zero-order chi connectivity index (χ0) is 29.3. The first kappa shape index (κ1) is 25.9. The molecule has 44 heavy (non-hydrogen) atoms. The van der Waals surface area contributed by atoms with Gasteiger partial charge in [-0.05, 0) is 89.0 Å². The summed E-state index contributed by atoms with van der Waals surface area (Å²) in [6.07, 6.45) is 2.32. The second kappa shape index (κ2) is 11.2. The minimum Gasteiger partial charge on any atom is -0.0622 e. The molecule has 8 aromatic rings. The first-order valence-corrected chi connectivity index (χ1v) is 15.2. The van der Waals surface area contributed by atoms with Crippen LogP contribution >= 0.6 is 0 Å². The number of hydrogen-bond acceptors (Lipinski definition) is 0. The molecule has 0 heterocycles. The van der Waals surface area contributed by atoms with Gasteiger partial charge in [-0.2, -0.15) is 0 Å². The van der Waals surface area contributed by atoms with Crippen molar-refractivity contribution >= 4 is 44.0 Å². The lowest BCUT2D eigenvalue weighted by Crippen LogP contribution is -1.92. The van der Waals surface area contributed by atoms with Crippen LogP contribution in [0, 0.1) is 0 Å². The van der Waals surface area contributed by atoms with E-state index in [0.717, 1.165) is 0 Å². The molecule has 0 N–H and O–H groups in total. The maximum Gasteiger partial charge on any atom is -0.00201 e. The Morgan fingerprint density at radius 3 is 1.45 bits per heavy atom. The monoisotopic (exact) mass is 558 g/mol. The molecule has 0 fully saturated rings. The quantitative estimate of drug-likeness (QED) is 0.146. The molecule has 8 aromatic carbocycles. The van der Waals surface area contributed by atoms with Crippen molar-refractivity contribution < 1.29 is 0 Å². The first-order valence-electron chi connectivity index (χ1n) is 15.2. The molecule has 0 aliphatic heterocycles. The minimum atomic E-state index is 1.18. The third-order valence-corrected chi connectivity index (χ3v) is 8.65. The molecule has 0 amide bonds. The number of benzene rings is 8. The largest absolute Gasteiger partial charge is 0.0622 e. The third kappa shape index (κ3) is 4.58. The lowest BCUT2D eigenvalue weighted by molar-refractivity contribution is 1.55. The molecule has 0 saturated carbocycles. The van der Waals surface area contributed by atoms with E-state index in [4.69, 9.17) is 0 Å². The van der Waals surface area contributed by atoms with Crippen LogP contribution in [0.3, 0.4) is 0 Å². The summed E-state index contributed by atoms with van der Waals surface area (Å²) in [4.78, 5) is 0. The first-order chi connectivity index (χ1) is 21.8. The van der Waals surface area contributed by atoms with Crippen LogP contribution in [-0.2, 0) is 0 Å². The fourth-order valence-electron chi connectivity index (χ4n) is 6.69. The number of rotatable bonds is 5. The Kier molecular flexibility index (Phi) is 6.59. The van der Waals surface area contributed by atoms with Gasteiger partial charge in [-0.3, -0.25) is 0 Å². The molecule has 0 aromatic heterocycles. The van der Waals surface area contributed by atoms with Gasteiger partial charge >= 0.3 is 0 Å². The van der Waals surface area contributed by atoms with Gasteiger partial charge in [0.25, 0.3) is 0 Å². The highest BCUT2D eigenvalue weighted by Crippen LogP contribution is 2.45. The molecular formula is C44H30. The fraction of sp³-hybridized carbons (Fsp3) is 0. The molecule has 206 valence electrons. The Bertz CT molecular complexity index is 2200. The summed E-state index contributed by atoms with van der Waals surface area (Å²) in [6, 6.07) is 63.5. The van der Waals surface area contributed by atoms with Gasteiger partial charge in [-0.15, -0.1) is 0 Å². The molecule has 0 unspecified atom stereocenters. The fourth-order valence-corrected chi connectivity index (χ4v) is 6.69. The van der Waals surface area contributed by atoms with Crippen LogP contribution in [0.5, 0.6) is 0 Å². The predicted molar refractivity (Wildman–Crippen MR) is 190 cm³/mol. The van der Waals surface area contributed by atoms with Crippen LogP contribution in [-0.4, -0.2) is 0 Å². The van der Waals surface area contributed by atoms with Crippen LogP contribution in [0.4, 0.5) is 0 Å². The lowest BCUT2D eigenvalue weighted by Gasteiger charge is -2.19. The zero-order valence-corrected chi connectivity index (χ0v) is 24.3. The van der Waals surface area contributed by atoms with Crippen molar-refractivity contribution in [3.63, 3.8) is 0 Å². The molecule has 0 saturated heterocycles. The summed E-state index contributed by atoms with van der Waals surface area (Å²) < 4.78 is 0. The molecule has 0 aliphatic carbocycles. The van der Waals surface area contributed by atoms with E-state index in [1.165, 1.54) is 76.8 Å². The van der Waals surface area contributed by atoms with Crippen LogP contribution < -0.4 is 0 Å². The summed E-state index contributed by atoms with van der Waals surface area (Å²) in [7, 11) is 0. The molecule has 0 nitrogen and oxygen atoms in total. The van der Waals surface area contributed by atoms with E-state index in [-0.39, 0.29) is 0 Å². The third-order valence-electron chi connectivity index (χ3n) is 8.65. The van der Waals surface area contributed by atoms with Gasteiger partial charge in [0.15, 0.2) is 0 Å². The Morgan fingerprint density at radius 1 is 0.364 bits per heavy atom. The topological polar surface area (TPSA) is 0 Å². The lowest BCUT2D eigenvalue weighted by atomic mass is 9.84. The van der Waals surface area contributed by atoms with Crippen molar-refractivity contribution in [2.75, 3.05) is 0 Å². The van der Waals surface area contributed by atoms with Crippen LogP contribution in [0.2, 0.25) is 0 Å². The molecule has 0 bridgehead atoms. The maximum atomic E-state index is 2.34. The van der Waals surface area contributed by atoms with Gasteiger partial charge in [0.05, 0.1) is 0 Å². The summed E-state index contributed by atoms with van der Waals surface area (Å²) in [5.41, 5.74) is 9.87. The smallest absolute Gasteiger partial charge is 0.00201 e. The standard InChI is InChI=1S/C44H30/c1-3-16-33(17-4-1)42(34-18-5-2-6-19-34)30-31-15-13-22-35(29-31)43-38-24-9-11-26-40(38)44(41-27-12-10-25-39(41)43)37-28-14-21-32-20-7-8-23-36(32)37/h1-30H. The molecule has 0 radical (unpaired) electrons. The van der Waals surface area contributed by atoms with E-state index in [2.05, 4.69) is 182 Å². The molecule has 0 atom stereocenters. The van der Waals surface area contributed by atoms with Crippen molar-refractivity contribution in [3.05, 3.63) is 193 Å². The summed E-state index contributed by atoms with van der Waals surface area (Å²) in [6.45, 7) is 0. The average molecular weight is 559 g/mol. The van der Waals surface area contributed by atoms with Crippen molar-refractivity contribution in [1.82, 2.24) is 0 Å². The van der Waals surface area contributed by atoms with Gasteiger partial charge in [-0.25, -0.2) is 0 Å².